The Hall–Kier alpha value is -0.160. The monoisotopic (exact) mass is 258 g/mol. The molecule has 1 saturated heterocycles. The first-order valence-electron chi connectivity index (χ1n) is 7.10. The van der Waals surface area contributed by atoms with Crippen LogP contribution in [0, 0.1) is 0 Å². The highest BCUT2D eigenvalue weighted by Gasteiger charge is 2.12. The van der Waals surface area contributed by atoms with Crippen molar-refractivity contribution in [2.75, 3.05) is 59.6 Å². The van der Waals surface area contributed by atoms with Crippen molar-refractivity contribution in [2.45, 2.75) is 32.8 Å². The van der Waals surface area contributed by atoms with Crippen LogP contribution in [0.4, 0.5) is 0 Å². The molecule has 0 amide bonds. The molecule has 0 radical (unpaired) electrons. The Morgan fingerprint density at radius 3 is 2.22 bits per heavy atom. The van der Waals surface area contributed by atoms with Gasteiger partial charge in [-0.2, -0.15) is 0 Å². The molecule has 1 aliphatic rings. The van der Waals surface area contributed by atoms with E-state index in [2.05, 4.69) is 37.6 Å². The van der Waals surface area contributed by atoms with Gasteiger partial charge in [0.1, 0.15) is 0 Å². The predicted octanol–water partition coefficient (Wildman–Crippen LogP) is 1.46. The van der Waals surface area contributed by atoms with Gasteiger partial charge in [0.15, 0.2) is 0 Å². The van der Waals surface area contributed by atoms with Crippen LogP contribution in [-0.2, 0) is 9.47 Å². The maximum atomic E-state index is 5.60. The van der Waals surface area contributed by atoms with E-state index in [0.717, 1.165) is 19.6 Å². The highest BCUT2D eigenvalue weighted by atomic mass is 16.5. The van der Waals surface area contributed by atoms with E-state index in [1.807, 2.05) is 0 Å². The van der Waals surface area contributed by atoms with Crippen LogP contribution < -0.4 is 0 Å². The first-order valence-corrected chi connectivity index (χ1v) is 7.10. The van der Waals surface area contributed by atoms with Gasteiger partial charge in [-0.1, -0.05) is 0 Å². The summed E-state index contributed by atoms with van der Waals surface area (Å²) in [6.07, 6.45) is 1.12. The van der Waals surface area contributed by atoms with E-state index in [1.165, 1.54) is 26.2 Å². The molecule has 1 fully saturated rings. The molecule has 0 N–H and O–H groups in total. The molecule has 4 heteroatoms. The fourth-order valence-corrected chi connectivity index (χ4v) is 1.97. The zero-order valence-corrected chi connectivity index (χ0v) is 12.6. The second-order valence-electron chi connectivity index (χ2n) is 6.07. The standard InChI is InChI=1S/C14H30N2O2/c1-14(2,3)18-13-12-17-11-5-6-16-9-7-15(4)8-10-16/h5-13H2,1-4H3. The third-order valence-electron chi connectivity index (χ3n) is 3.12. The number of rotatable bonds is 7. The van der Waals surface area contributed by atoms with Crippen LogP contribution in [-0.4, -0.2) is 75.0 Å². The van der Waals surface area contributed by atoms with Crippen molar-refractivity contribution in [3.8, 4) is 0 Å². The van der Waals surface area contributed by atoms with Crippen molar-refractivity contribution >= 4 is 0 Å². The van der Waals surface area contributed by atoms with Crippen molar-refractivity contribution in [3.63, 3.8) is 0 Å². The van der Waals surface area contributed by atoms with Gasteiger partial charge in [-0.3, -0.25) is 0 Å². The van der Waals surface area contributed by atoms with Gasteiger partial charge in [0.25, 0.3) is 0 Å². The quantitative estimate of drug-likeness (QED) is 0.645. The summed E-state index contributed by atoms with van der Waals surface area (Å²) >= 11 is 0. The molecule has 0 atom stereocenters. The summed E-state index contributed by atoms with van der Waals surface area (Å²) in [7, 11) is 2.19. The van der Waals surface area contributed by atoms with Crippen molar-refractivity contribution in [2.24, 2.45) is 0 Å². The summed E-state index contributed by atoms with van der Waals surface area (Å²) < 4.78 is 11.2. The predicted molar refractivity (Wildman–Crippen MR) is 75.1 cm³/mol. The molecular formula is C14H30N2O2. The van der Waals surface area contributed by atoms with Crippen molar-refractivity contribution < 1.29 is 9.47 Å². The summed E-state index contributed by atoms with van der Waals surface area (Å²) in [5.41, 5.74) is -0.0524. The molecule has 18 heavy (non-hydrogen) atoms. The molecule has 0 saturated carbocycles. The van der Waals surface area contributed by atoms with Crippen LogP contribution in [0.2, 0.25) is 0 Å². The summed E-state index contributed by atoms with van der Waals surface area (Å²) in [5, 5.41) is 0. The molecule has 0 aromatic heterocycles. The molecule has 0 unspecified atom stereocenters. The lowest BCUT2D eigenvalue weighted by Gasteiger charge is -2.32. The van der Waals surface area contributed by atoms with Crippen LogP contribution in [0.1, 0.15) is 27.2 Å². The normalized spacial score (nSPS) is 19.3. The fraction of sp³-hybridized carbons (Fsp3) is 1.00. The zero-order chi connectivity index (χ0) is 13.4. The second kappa shape index (κ2) is 8.10. The van der Waals surface area contributed by atoms with E-state index < -0.39 is 0 Å². The van der Waals surface area contributed by atoms with E-state index in [9.17, 15) is 0 Å². The minimum absolute atomic E-state index is 0.0524. The topological polar surface area (TPSA) is 24.9 Å². The van der Waals surface area contributed by atoms with Crippen molar-refractivity contribution in [3.05, 3.63) is 0 Å². The summed E-state index contributed by atoms with van der Waals surface area (Å²) in [5.74, 6) is 0. The molecule has 1 heterocycles. The summed E-state index contributed by atoms with van der Waals surface area (Å²) in [6.45, 7) is 14.4. The molecule has 0 aromatic carbocycles. The van der Waals surface area contributed by atoms with E-state index >= 15 is 0 Å². The van der Waals surface area contributed by atoms with Crippen LogP contribution in [0.3, 0.4) is 0 Å². The lowest BCUT2D eigenvalue weighted by atomic mass is 10.2. The maximum Gasteiger partial charge on any atom is 0.0707 e. The highest BCUT2D eigenvalue weighted by Crippen LogP contribution is 2.05. The number of likely N-dealkylation sites (N-methyl/N-ethyl adjacent to an activating group) is 1. The number of ether oxygens (including phenoxy) is 2. The van der Waals surface area contributed by atoms with E-state index in [4.69, 9.17) is 9.47 Å². The Kier molecular flexibility index (Phi) is 7.15. The van der Waals surface area contributed by atoms with Crippen LogP contribution >= 0.6 is 0 Å². The van der Waals surface area contributed by atoms with Gasteiger partial charge in [0, 0.05) is 39.3 Å². The molecule has 0 spiro atoms. The molecule has 108 valence electrons. The van der Waals surface area contributed by atoms with Crippen molar-refractivity contribution in [1.82, 2.24) is 9.80 Å². The van der Waals surface area contributed by atoms with Crippen LogP contribution in [0.25, 0.3) is 0 Å². The lowest BCUT2D eigenvalue weighted by molar-refractivity contribution is -0.0357. The number of hydrogen-bond acceptors (Lipinski definition) is 4. The van der Waals surface area contributed by atoms with Crippen LogP contribution in [0.5, 0.6) is 0 Å². The molecule has 0 aromatic rings. The van der Waals surface area contributed by atoms with Gasteiger partial charge in [0.05, 0.1) is 18.8 Å². The smallest absolute Gasteiger partial charge is 0.0707 e. The third-order valence-corrected chi connectivity index (χ3v) is 3.12. The molecular weight excluding hydrogens is 228 g/mol. The Morgan fingerprint density at radius 1 is 0.944 bits per heavy atom. The average molecular weight is 258 g/mol. The first kappa shape index (κ1) is 15.9. The minimum atomic E-state index is -0.0524. The second-order valence-corrected chi connectivity index (χ2v) is 6.07. The van der Waals surface area contributed by atoms with Gasteiger partial charge in [0.2, 0.25) is 0 Å². The van der Waals surface area contributed by atoms with Gasteiger partial charge in [-0.05, 0) is 34.2 Å². The summed E-state index contributed by atoms with van der Waals surface area (Å²) in [4.78, 5) is 4.91. The average Bonchev–Trinajstić information content (AvgIpc) is 2.29. The lowest BCUT2D eigenvalue weighted by Crippen LogP contribution is -2.44. The van der Waals surface area contributed by atoms with E-state index in [-0.39, 0.29) is 5.60 Å². The number of piperazine rings is 1. The first-order chi connectivity index (χ1) is 8.47. The van der Waals surface area contributed by atoms with Gasteiger partial charge in [-0.15, -0.1) is 0 Å². The number of hydrogen-bond donors (Lipinski definition) is 0. The van der Waals surface area contributed by atoms with E-state index in [1.54, 1.807) is 0 Å². The van der Waals surface area contributed by atoms with Gasteiger partial charge < -0.3 is 19.3 Å². The maximum absolute atomic E-state index is 5.60. The molecule has 1 rings (SSSR count). The fourth-order valence-electron chi connectivity index (χ4n) is 1.97. The molecule has 1 aliphatic heterocycles. The summed E-state index contributed by atoms with van der Waals surface area (Å²) in [6, 6.07) is 0. The van der Waals surface area contributed by atoms with Gasteiger partial charge in [-0.25, -0.2) is 0 Å². The Labute approximate surface area is 112 Å². The Morgan fingerprint density at radius 2 is 1.61 bits per heavy atom. The van der Waals surface area contributed by atoms with Gasteiger partial charge >= 0.3 is 0 Å². The SMILES string of the molecule is CN1CCN(CCCOCCOC(C)(C)C)CC1. The molecule has 4 nitrogen and oxygen atoms in total. The highest BCUT2D eigenvalue weighted by molar-refractivity contribution is 4.68. The molecule has 0 aliphatic carbocycles. The minimum Gasteiger partial charge on any atom is -0.379 e. The largest absolute Gasteiger partial charge is 0.379 e. The number of nitrogens with zero attached hydrogens (tertiary/aromatic N) is 2. The zero-order valence-electron chi connectivity index (χ0n) is 12.6. The Bertz CT molecular complexity index is 208. The molecule has 0 bridgehead atoms. The van der Waals surface area contributed by atoms with Crippen molar-refractivity contribution in [1.29, 1.82) is 0 Å². The third kappa shape index (κ3) is 8.03. The van der Waals surface area contributed by atoms with Crippen LogP contribution in [0.15, 0.2) is 0 Å². The van der Waals surface area contributed by atoms with E-state index in [0.29, 0.717) is 13.2 Å². The Balaban J connectivity index is 1.87.